The number of hydrogen-bond donors (Lipinski definition) is 1. The molecule has 130 valence electrons. The lowest BCUT2D eigenvalue weighted by Crippen LogP contribution is -2.25. The SMILES string of the molecule is CC(C)(C)c1nc(CNC(=O)Cc2coc(-c3ccccc3)n2)no1. The minimum absolute atomic E-state index is 0.125. The molecule has 0 spiro atoms. The molecule has 2 heterocycles. The number of carbonyl (C=O) groups is 1. The summed E-state index contributed by atoms with van der Waals surface area (Å²) < 4.78 is 10.6. The van der Waals surface area contributed by atoms with E-state index in [-0.39, 0.29) is 24.3 Å². The fraction of sp³-hybridized carbons (Fsp3) is 0.333. The van der Waals surface area contributed by atoms with Gasteiger partial charge in [0.25, 0.3) is 0 Å². The largest absolute Gasteiger partial charge is 0.444 e. The van der Waals surface area contributed by atoms with E-state index in [2.05, 4.69) is 20.4 Å². The van der Waals surface area contributed by atoms with Crippen LogP contribution in [0.15, 0.2) is 45.5 Å². The normalized spacial score (nSPS) is 11.5. The van der Waals surface area contributed by atoms with Crippen molar-refractivity contribution in [2.75, 3.05) is 0 Å². The topological polar surface area (TPSA) is 94.1 Å². The van der Waals surface area contributed by atoms with Crippen molar-refractivity contribution >= 4 is 5.91 Å². The van der Waals surface area contributed by atoms with Crippen LogP contribution in [0.2, 0.25) is 0 Å². The van der Waals surface area contributed by atoms with Gasteiger partial charge in [-0.2, -0.15) is 4.98 Å². The number of carbonyl (C=O) groups excluding carboxylic acids is 1. The van der Waals surface area contributed by atoms with Crippen LogP contribution in [0, 0.1) is 0 Å². The molecular formula is C18H20N4O3. The number of amides is 1. The maximum absolute atomic E-state index is 12.1. The van der Waals surface area contributed by atoms with Crippen molar-refractivity contribution in [3.63, 3.8) is 0 Å². The zero-order chi connectivity index (χ0) is 17.9. The predicted molar refractivity (Wildman–Crippen MR) is 90.5 cm³/mol. The van der Waals surface area contributed by atoms with E-state index < -0.39 is 0 Å². The van der Waals surface area contributed by atoms with Crippen LogP contribution in [0.4, 0.5) is 0 Å². The molecule has 0 saturated carbocycles. The zero-order valence-electron chi connectivity index (χ0n) is 14.4. The monoisotopic (exact) mass is 340 g/mol. The Kier molecular flexibility index (Phi) is 4.65. The van der Waals surface area contributed by atoms with Gasteiger partial charge in [0, 0.05) is 11.0 Å². The third-order valence-electron chi connectivity index (χ3n) is 3.47. The minimum Gasteiger partial charge on any atom is -0.444 e. The number of oxazole rings is 1. The first kappa shape index (κ1) is 16.9. The average Bonchev–Trinajstić information content (AvgIpc) is 3.23. The summed E-state index contributed by atoms with van der Waals surface area (Å²) in [6.45, 7) is 6.16. The molecule has 0 aliphatic carbocycles. The highest BCUT2D eigenvalue weighted by atomic mass is 16.5. The molecule has 0 atom stereocenters. The molecule has 1 N–H and O–H groups in total. The van der Waals surface area contributed by atoms with Gasteiger partial charge in [-0.25, -0.2) is 4.98 Å². The molecule has 7 heteroatoms. The van der Waals surface area contributed by atoms with Gasteiger partial charge >= 0.3 is 0 Å². The summed E-state index contributed by atoms with van der Waals surface area (Å²) in [4.78, 5) is 20.7. The van der Waals surface area contributed by atoms with E-state index in [4.69, 9.17) is 8.94 Å². The van der Waals surface area contributed by atoms with E-state index in [1.807, 2.05) is 51.1 Å². The minimum atomic E-state index is -0.218. The van der Waals surface area contributed by atoms with Gasteiger partial charge in [-0.05, 0) is 12.1 Å². The summed E-state index contributed by atoms with van der Waals surface area (Å²) in [7, 11) is 0. The number of hydrogen-bond acceptors (Lipinski definition) is 6. The Balaban J connectivity index is 1.55. The predicted octanol–water partition coefficient (Wildman–Crippen LogP) is 2.88. The van der Waals surface area contributed by atoms with Gasteiger partial charge in [0.15, 0.2) is 5.82 Å². The molecule has 0 saturated heterocycles. The molecule has 7 nitrogen and oxygen atoms in total. The number of rotatable bonds is 5. The summed E-state index contributed by atoms with van der Waals surface area (Å²) in [6, 6.07) is 9.53. The van der Waals surface area contributed by atoms with Gasteiger partial charge in [-0.1, -0.05) is 44.1 Å². The van der Waals surface area contributed by atoms with E-state index in [1.165, 1.54) is 6.26 Å². The third-order valence-corrected chi connectivity index (χ3v) is 3.47. The fourth-order valence-corrected chi connectivity index (χ4v) is 2.14. The van der Waals surface area contributed by atoms with Gasteiger partial charge < -0.3 is 14.3 Å². The lowest BCUT2D eigenvalue weighted by molar-refractivity contribution is -0.120. The maximum Gasteiger partial charge on any atom is 0.232 e. The van der Waals surface area contributed by atoms with Crippen LogP contribution in [0.3, 0.4) is 0 Å². The Labute approximate surface area is 145 Å². The summed E-state index contributed by atoms with van der Waals surface area (Å²) in [6.07, 6.45) is 1.62. The Hall–Kier alpha value is -2.96. The highest BCUT2D eigenvalue weighted by molar-refractivity contribution is 5.78. The number of nitrogens with one attached hydrogen (secondary N) is 1. The molecule has 0 unspecified atom stereocenters. The number of benzene rings is 1. The lowest BCUT2D eigenvalue weighted by atomic mass is 9.97. The molecule has 0 radical (unpaired) electrons. The first-order chi connectivity index (χ1) is 11.9. The summed E-state index contributed by atoms with van der Waals surface area (Å²) in [5.74, 6) is 1.30. The van der Waals surface area contributed by atoms with Gasteiger partial charge in [0.05, 0.1) is 18.7 Å². The molecule has 3 rings (SSSR count). The highest BCUT2D eigenvalue weighted by Crippen LogP contribution is 2.20. The first-order valence-electron chi connectivity index (χ1n) is 8.01. The Morgan fingerprint density at radius 2 is 1.92 bits per heavy atom. The number of aromatic nitrogens is 3. The molecule has 1 amide bonds. The smallest absolute Gasteiger partial charge is 0.232 e. The lowest BCUT2D eigenvalue weighted by Gasteiger charge is -2.10. The highest BCUT2D eigenvalue weighted by Gasteiger charge is 2.21. The van der Waals surface area contributed by atoms with Crippen molar-refractivity contribution < 1.29 is 13.7 Å². The summed E-state index contributed by atoms with van der Waals surface area (Å²) in [5.41, 5.74) is 1.22. The third kappa shape index (κ3) is 4.32. The molecule has 0 aliphatic heterocycles. The van der Waals surface area contributed by atoms with Crippen molar-refractivity contribution in [2.24, 2.45) is 0 Å². The van der Waals surface area contributed by atoms with Crippen molar-refractivity contribution in [3.05, 3.63) is 54.0 Å². The van der Waals surface area contributed by atoms with Gasteiger partial charge in [-0.3, -0.25) is 4.79 Å². The molecular weight excluding hydrogens is 320 g/mol. The van der Waals surface area contributed by atoms with Crippen molar-refractivity contribution in [1.82, 2.24) is 20.4 Å². The van der Waals surface area contributed by atoms with Crippen LogP contribution in [0.1, 0.15) is 38.2 Å². The average molecular weight is 340 g/mol. The van der Waals surface area contributed by atoms with E-state index in [0.717, 1.165) is 5.56 Å². The van der Waals surface area contributed by atoms with Crippen molar-refractivity contribution in [1.29, 1.82) is 0 Å². The zero-order valence-corrected chi connectivity index (χ0v) is 14.4. The van der Waals surface area contributed by atoms with E-state index in [0.29, 0.717) is 23.3 Å². The van der Waals surface area contributed by atoms with Gasteiger partial charge in [-0.15, -0.1) is 0 Å². The van der Waals surface area contributed by atoms with Crippen LogP contribution in [-0.4, -0.2) is 21.0 Å². The standard InChI is InChI=1S/C18H20N4O3/c1-18(2,3)17-21-14(22-25-17)10-19-15(23)9-13-11-24-16(20-13)12-7-5-4-6-8-12/h4-8,11H,9-10H2,1-3H3,(H,19,23). The Bertz CT molecular complexity index is 847. The molecule has 2 aromatic heterocycles. The Morgan fingerprint density at radius 1 is 1.16 bits per heavy atom. The molecule has 0 fully saturated rings. The van der Waals surface area contributed by atoms with E-state index in [9.17, 15) is 4.79 Å². The fourth-order valence-electron chi connectivity index (χ4n) is 2.14. The molecule has 25 heavy (non-hydrogen) atoms. The van der Waals surface area contributed by atoms with Crippen molar-refractivity contribution in [3.8, 4) is 11.5 Å². The van der Waals surface area contributed by atoms with Crippen LogP contribution >= 0.6 is 0 Å². The quantitative estimate of drug-likeness (QED) is 0.767. The molecule has 0 bridgehead atoms. The summed E-state index contributed by atoms with van der Waals surface area (Å²) in [5, 5.41) is 6.63. The van der Waals surface area contributed by atoms with Crippen LogP contribution in [0.5, 0.6) is 0 Å². The number of nitrogens with zero attached hydrogens (tertiary/aromatic N) is 3. The molecule has 3 aromatic rings. The Morgan fingerprint density at radius 3 is 2.60 bits per heavy atom. The van der Waals surface area contributed by atoms with Gasteiger partial charge in [0.1, 0.15) is 6.26 Å². The van der Waals surface area contributed by atoms with Crippen LogP contribution < -0.4 is 5.32 Å². The molecule has 0 aliphatic rings. The second kappa shape index (κ2) is 6.88. The second-order valence-electron chi connectivity index (χ2n) is 6.73. The molecule has 1 aromatic carbocycles. The second-order valence-corrected chi connectivity index (χ2v) is 6.73. The van der Waals surface area contributed by atoms with Gasteiger partial charge in [0.2, 0.25) is 17.7 Å². The maximum atomic E-state index is 12.1. The van der Waals surface area contributed by atoms with E-state index in [1.54, 1.807) is 0 Å². The van der Waals surface area contributed by atoms with E-state index >= 15 is 0 Å². The van der Waals surface area contributed by atoms with Crippen LogP contribution in [-0.2, 0) is 23.2 Å². The first-order valence-corrected chi connectivity index (χ1v) is 8.01. The van der Waals surface area contributed by atoms with Crippen LogP contribution in [0.25, 0.3) is 11.5 Å². The van der Waals surface area contributed by atoms with Crippen molar-refractivity contribution in [2.45, 2.75) is 39.2 Å². The summed E-state index contributed by atoms with van der Waals surface area (Å²) >= 11 is 0.